The summed E-state index contributed by atoms with van der Waals surface area (Å²) in [4.78, 5) is 21.7. The van der Waals surface area contributed by atoms with Crippen molar-refractivity contribution < 1.29 is 4.79 Å². The summed E-state index contributed by atoms with van der Waals surface area (Å²) in [5.74, 6) is 2.06. The second-order valence-electron chi connectivity index (χ2n) is 7.67. The van der Waals surface area contributed by atoms with Crippen molar-refractivity contribution in [3.63, 3.8) is 0 Å². The number of likely N-dealkylation sites (tertiary alicyclic amines) is 2. The maximum atomic E-state index is 12.6. The number of benzene rings is 1. The molecule has 138 valence electrons. The van der Waals surface area contributed by atoms with Crippen LogP contribution in [0.4, 0.5) is 0 Å². The van der Waals surface area contributed by atoms with Crippen LogP contribution in [0, 0.1) is 5.92 Å². The number of rotatable bonds is 5. The quantitative estimate of drug-likeness (QED) is 0.830. The van der Waals surface area contributed by atoms with Crippen molar-refractivity contribution in [3.05, 3.63) is 54.1 Å². The summed E-state index contributed by atoms with van der Waals surface area (Å²) in [5.41, 5.74) is 1.31. The molecular weight excluding hydrogens is 324 g/mol. The molecule has 4 rings (SSSR count). The van der Waals surface area contributed by atoms with Gasteiger partial charge in [-0.15, -0.1) is 0 Å². The van der Waals surface area contributed by atoms with Gasteiger partial charge in [0.2, 0.25) is 5.91 Å². The second kappa shape index (κ2) is 7.62. The molecule has 2 fully saturated rings. The molecule has 0 spiro atoms. The van der Waals surface area contributed by atoms with Gasteiger partial charge in [-0.05, 0) is 30.7 Å². The highest BCUT2D eigenvalue weighted by Gasteiger charge is 2.39. The minimum atomic E-state index is 0.347. The Hall–Kier alpha value is -2.14. The molecule has 0 radical (unpaired) electrons. The zero-order chi connectivity index (χ0) is 17.9. The number of aromatic nitrogens is 2. The molecule has 1 amide bonds. The highest BCUT2D eigenvalue weighted by molar-refractivity contribution is 5.77. The van der Waals surface area contributed by atoms with Gasteiger partial charge in [0, 0.05) is 51.5 Å². The third kappa shape index (κ3) is 3.68. The fraction of sp³-hybridized carbons (Fsp3) is 0.524. The third-order valence-electron chi connectivity index (χ3n) is 6.00. The highest BCUT2D eigenvalue weighted by Crippen LogP contribution is 2.32. The van der Waals surface area contributed by atoms with Gasteiger partial charge in [0.05, 0.1) is 6.54 Å². The summed E-state index contributed by atoms with van der Waals surface area (Å²) >= 11 is 0. The first-order valence-electron chi connectivity index (χ1n) is 9.72. The number of piperidine rings is 2. The molecule has 2 aliphatic rings. The molecule has 2 aromatic rings. The lowest BCUT2D eigenvalue weighted by molar-refractivity contribution is -0.141. The van der Waals surface area contributed by atoms with E-state index in [9.17, 15) is 4.79 Å². The van der Waals surface area contributed by atoms with Crippen LogP contribution in [0.2, 0.25) is 0 Å². The number of imidazole rings is 1. The number of fused-ring (bicyclic) bond motifs is 1. The van der Waals surface area contributed by atoms with E-state index in [2.05, 4.69) is 50.7 Å². The SMILES string of the molecule is Cn1ccnc1CN1CC[C@@H]2[C@@H](CCC(=O)N2CCc2ccccc2)C1. The van der Waals surface area contributed by atoms with Crippen molar-refractivity contribution in [2.24, 2.45) is 13.0 Å². The van der Waals surface area contributed by atoms with Crippen molar-refractivity contribution in [1.29, 1.82) is 0 Å². The van der Waals surface area contributed by atoms with E-state index in [4.69, 9.17) is 0 Å². The van der Waals surface area contributed by atoms with Crippen LogP contribution in [0.25, 0.3) is 0 Å². The van der Waals surface area contributed by atoms with Crippen molar-refractivity contribution >= 4 is 5.91 Å². The molecule has 26 heavy (non-hydrogen) atoms. The maximum Gasteiger partial charge on any atom is 0.222 e. The van der Waals surface area contributed by atoms with E-state index >= 15 is 0 Å². The second-order valence-corrected chi connectivity index (χ2v) is 7.67. The third-order valence-corrected chi connectivity index (χ3v) is 6.00. The molecule has 0 N–H and O–H groups in total. The van der Waals surface area contributed by atoms with Gasteiger partial charge in [-0.2, -0.15) is 0 Å². The molecular formula is C21H28N4O. The van der Waals surface area contributed by atoms with Crippen LogP contribution in [-0.2, 0) is 24.8 Å². The summed E-state index contributed by atoms with van der Waals surface area (Å²) in [6.07, 6.45) is 7.64. The minimum Gasteiger partial charge on any atom is -0.339 e. The zero-order valence-corrected chi connectivity index (χ0v) is 15.6. The van der Waals surface area contributed by atoms with Gasteiger partial charge in [-0.3, -0.25) is 9.69 Å². The first-order chi connectivity index (χ1) is 12.7. The predicted octanol–water partition coefficient (Wildman–Crippen LogP) is 2.48. The standard InChI is InChI=1S/C21H28N4O/c1-23-14-11-22-20(23)16-24-12-10-19-18(15-24)7-8-21(26)25(19)13-9-17-5-3-2-4-6-17/h2-6,11,14,18-19H,7-10,12-13,15-16H2,1H3/t18-,19+/m0/s1. The summed E-state index contributed by atoms with van der Waals surface area (Å²) in [5, 5.41) is 0. The van der Waals surface area contributed by atoms with E-state index in [1.165, 1.54) is 5.56 Å². The molecule has 1 aromatic heterocycles. The van der Waals surface area contributed by atoms with Crippen LogP contribution in [0.15, 0.2) is 42.7 Å². The maximum absolute atomic E-state index is 12.6. The van der Waals surface area contributed by atoms with Crippen molar-refractivity contribution in [2.75, 3.05) is 19.6 Å². The summed E-state index contributed by atoms with van der Waals surface area (Å²) in [6.45, 7) is 3.88. The Kier molecular flexibility index (Phi) is 5.07. The summed E-state index contributed by atoms with van der Waals surface area (Å²) < 4.78 is 2.10. The van der Waals surface area contributed by atoms with Crippen LogP contribution >= 0.6 is 0 Å². The minimum absolute atomic E-state index is 0.347. The van der Waals surface area contributed by atoms with Crippen molar-refractivity contribution in [3.8, 4) is 0 Å². The number of carbonyl (C=O) groups excluding carboxylic acids is 1. The van der Waals surface area contributed by atoms with Crippen LogP contribution < -0.4 is 0 Å². The monoisotopic (exact) mass is 352 g/mol. The lowest BCUT2D eigenvalue weighted by Crippen LogP contribution is -2.56. The van der Waals surface area contributed by atoms with E-state index < -0.39 is 0 Å². The summed E-state index contributed by atoms with van der Waals surface area (Å²) in [6, 6.07) is 10.9. The van der Waals surface area contributed by atoms with E-state index in [-0.39, 0.29) is 0 Å². The van der Waals surface area contributed by atoms with Crippen LogP contribution in [0.3, 0.4) is 0 Å². The lowest BCUT2D eigenvalue weighted by Gasteiger charge is -2.47. The van der Waals surface area contributed by atoms with Gasteiger partial charge in [0.15, 0.2) is 0 Å². The van der Waals surface area contributed by atoms with E-state index in [0.717, 1.165) is 51.3 Å². The van der Waals surface area contributed by atoms with Crippen LogP contribution in [-0.4, -0.2) is 50.9 Å². The Morgan fingerprint density at radius 1 is 1.19 bits per heavy atom. The number of carbonyl (C=O) groups is 1. The van der Waals surface area contributed by atoms with Gasteiger partial charge in [-0.25, -0.2) is 4.98 Å². The van der Waals surface area contributed by atoms with Gasteiger partial charge >= 0.3 is 0 Å². The molecule has 0 unspecified atom stereocenters. The highest BCUT2D eigenvalue weighted by atomic mass is 16.2. The molecule has 2 saturated heterocycles. The molecule has 0 bridgehead atoms. The lowest BCUT2D eigenvalue weighted by atomic mass is 9.83. The largest absolute Gasteiger partial charge is 0.339 e. The molecule has 0 saturated carbocycles. The Morgan fingerprint density at radius 2 is 2.04 bits per heavy atom. The van der Waals surface area contributed by atoms with E-state index in [0.29, 0.717) is 24.3 Å². The fourth-order valence-corrected chi connectivity index (χ4v) is 4.50. The average molecular weight is 352 g/mol. The van der Waals surface area contributed by atoms with Crippen molar-refractivity contribution in [1.82, 2.24) is 19.4 Å². The number of amides is 1. The molecule has 2 aliphatic heterocycles. The van der Waals surface area contributed by atoms with Gasteiger partial charge in [-0.1, -0.05) is 30.3 Å². The van der Waals surface area contributed by atoms with Crippen LogP contribution in [0.5, 0.6) is 0 Å². The van der Waals surface area contributed by atoms with Crippen LogP contribution in [0.1, 0.15) is 30.7 Å². The van der Waals surface area contributed by atoms with E-state index in [1.807, 2.05) is 18.5 Å². The van der Waals surface area contributed by atoms with Gasteiger partial charge in [0.1, 0.15) is 5.82 Å². The Bertz CT molecular complexity index is 741. The zero-order valence-electron chi connectivity index (χ0n) is 15.6. The van der Waals surface area contributed by atoms with Gasteiger partial charge in [0.25, 0.3) is 0 Å². The normalized spacial score (nSPS) is 23.9. The number of nitrogens with zero attached hydrogens (tertiary/aromatic N) is 4. The molecule has 2 atom stereocenters. The molecule has 1 aromatic carbocycles. The Morgan fingerprint density at radius 3 is 2.81 bits per heavy atom. The molecule has 0 aliphatic carbocycles. The van der Waals surface area contributed by atoms with Crippen molar-refractivity contribution in [2.45, 2.75) is 38.3 Å². The predicted molar refractivity (Wildman–Crippen MR) is 101 cm³/mol. The van der Waals surface area contributed by atoms with Gasteiger partial charge < -0.3 is 9.47 Å². The Balaban J connectivity index is 1.38. The first kappa shape index (κ1) is 17.3. The van der Waals surface area contributed by atoms with E-state index in [1.54, 1.807) is 0 Å². The Labute approximate surface area is 155 Å². The first-order valence-corrected chi connectivity index (χ1v) is 9.72. The summed E-state index contributed by atoms with van der Waals surface area (Å²) in [7, 11) is 2.06. The molecule has 5 nitrogen and oxygen atoms in total. The number of hydrogen-bond acceptors (Lipinski definition) is 3. The number of hydrogen-bond donors (Lipinski definition) is 0. The number of aryl methyl sites for hydroxylation is 1. The topological polar surface area (TPSA) is 41.4 Å². The fourth-order valence-electron chi connectivity index (χ4n) is 4.50. The molecule has 5 heteroatoms. The average Bonchev–Trinajstić information content (AvgIpc) is 3.06. The molecule has 3 heterocycles. The smallest absolute Gasteiger partial charge is 0.222 e.